The van der Waals surface area contributed by atoms with Crippen molar-refractivity contribution in [2.45, 2.75) is 13.3 Å². The highest BCUT2D eigenvalue weighted by molar-refractivity contribution is 6.31. The summed E-state index contributed by atoms with van der Waals surface area (Å²) in [5.41, 5.74) is -0.152. The fraction of sp³-hybridized carbons (Fsp3) is 0.182. The summed E-state index contributed by atoms with van der Waals surface area (Å²) in [4.78, 5) is 26.8. The summed E-state index contributed by atoms with van der Waals surface area (Å²) in [6.07, 6.45) is 0.282. The summed E-state index contributed by atoms with van der Waals surface area (Å²) >= 11 is 5.76. The zero-order valence-corrected chi connectivity index (χ0v) is 9.75. The summed E-state index contributed by atoms with van der Waals surface area (Å²) in [5.74, 6) is -0.269. The molecule has 0 aliphatic carbocycles. The van der Waals surface area contributed by atoms with Crippen LogP contribution in [0.4, 0.5) is 6.01 Å². The quantitative estimate of drug-likeness (QED) is 0.889. The molecule has 6 heteroatoms. The molecule has 0 aliphatic heterocycles. The topological polar surface area (TPSA) is 72.2 Å². The molecule has 0 radical (unpaired) electrons. The molecule has 0 aliphatic rings. The first-order valence-corrected chi connectivity index (χ1v) is 5.38. The number of hydrogen-bond donors (Lipinski definition) is 1. The molecule has 17 heavy (non-hydrogen) atoms. The lowest BCUT2D eigenvalue weighted by Crippen LogP contribution is -2.13. The number of anilines is 1. The standard InChI is InChI=1S/C11H9ClN2O3/c1-2-9(15)14-11-13-8-4-3-6(12)5-7(8)10(16)17-11/h3-5H,2H2,1H3,(H,13,14,15). The molecule has 0 atom stereocenters. The molecule has 2 rings (SSSR count). The third kappa shape index (κ3) is 2.45. The lowest BCUT2D eigenvalue weighted by atomic mass is 10.2. The molecule has 0 saturated heterocycles. The van der Waals surface area contributed by atoms with Gasteiger partial charge in [0.2, 0.25) is 5.91 Å². The normalized spacial score (nSPS) is 10.5. The van der Waals surface area contributed by atoms with Gasteiger partial charge in [-0.15, -0.1) is 0 Å². The number of rotatable bonds is 2. The highest BCUT2D eigenvalue weighted by Gasteiger charge is 2.08. The van der Waals surface area contributed by atoms with Gasteiger partial charge < -0.3 is 4.42 Å². The van der Waals surface area contributed by atoms with Gasteiger partial charge in [0, 0.05) is 11.4 Å². The average molecular weight is 253 g/mol. The van der Waals surface area contributed by atoms with Crippen molar-refractivity contribution in [3.05, 3.63) is 33.6 Å². The number of fused-ring (bicyclic) bond motifs is 1. The Morgan fingerprint density at radius 2 is 2.29 bits per heavy atom. The van der Waals surface area contributed by atoms with Crippen LogP contribution in [0.2, 0.25) is 5.02 Å². The monoisotopic (exact) mass is 252 g/mol. The van der Waals surface area contributed by atoms with Crippen LogP contribution in [-0.4, -0.2) is 10.9 Å². The summed E-state index contributed by atoms with van der Waals surface area (Å²) in [5, 5.41) is 3.10. The summed E-state index contributed by atoms with van der Waals surface area (Å²) in [6, 6.07) is 4.58. The number of amides is 1. The van der Waals surface area contributed by atoms with E-state index in [0.717, 1.165) is 0 Å². The minimum Gasteiger partial charge on any atom is -0.388 e. The minimum atomic E-state index is -0.580. The van der Waals surface area contributed by atoms with Crippen molar-refractivity contribution in [2.24, 2.45) is 0 Å². The fourth-order valence-electron chi connectivity index (χ4n) is 1.31. The van der Waals surface area contributed by atoms with Gasteiger partial charge in [-0.2, -0.15) is 4.98 Å². The molecular weight excluding hydrogens is 244 g/mol. The smallest absolute Gasteiger partial charge is 0.348 e. The van der Waals surface area contributed by atoms with Crippen molar-refractivity contribution < 1.29 is 9.21 Å². The van der Waals surface area contributed by atoms with Crippen LogP contribution in [0.1, 0.15) is 13.3 Å². The Labute approximate surface area is 101 Å². The van der Waals surface area contributed by atoms with E-state index in [2.05, 4.69) is 10.3 Å². The van der Waals surface area contributed by atoms with E-state index >= 15 is 0 Å². The van der Waals surface area contributed by atoms with Crippen molar-refractivity contribution in [3.63, 3.8) is 0 Å². The SMILES string of the molecule is CCC(=O)Nc1nc2ccc(Cl)cc2c(=O)o1. The van der Waals surface area contributed by atoms with Gasteiger partial charge in [-0.25, -0.2) is 4.79 Å². The van der Waals surface area contributed by atoms with E-state index in [1.807, 2.05) is 0 Å². The number of carbonyl (C=O) groups excluding carboxylic acids is 1. The predicted octanol–water partition coefficient (Wildman–Crippen LogP) is 2.19. The molecule has 88 valence electrons. The van der Waals surface area contributed by atoms with E-state index in [4.69, 9.17) is 16.0 Å². The first-order chi connectivity index (χ1) is 8.10. The average Bonchev–Trinajstić information content (AvgIpc) is 2.30. The van der Waals surface area contributed by atoms with E-state index in [1.165, 1.54) is 6.07 Å². The Balaban J connectivity index is 2.52. The number of nitrogens with zero attached hydrogens (tertiary/aromatic N) is 1. The second kappa shape index (κ2) is 4.55. The zero-order valence-electron chi connectivity index (χ0n) is 8.99. The maximum Gasteiger partial charge on any atom is 0.348 e. The van der Waals surface area contributed by atoms with Gasteiger partial charge in [0.05, 0.1) is 10.9 Å². The Bertz CT molecular complexity index is 636. The number of aromatic nitrogens is 1. The van der Waals surface area contributed by atoms with E-state index in [9.17, 15) is 9.59 Å². The van der Waals surface area contributed by atoms with Gasteiger partial charge >= 0.3 is 11.6 Å². The third-order valence-electron chi connectivity index (χ3n) is 2.16. The van der Waals surface area contributed by atoms with E-state index in [-0.39, 0.29) is 23.7 Å². The lowest BCUT2D eigenvalue weighted by Gasteiger charge is -2.02. The second-order valence-corrected chi connectivity index (χ2v) is 3.81. The number of hydrogen-bond acceptors (Lipinski definition) is 4. The fourth-order valence-corrected chi connectivity index (χ4v) is 1.48. The van der Waals surface area contributed by atoms with Gasteiger partial charge in [0.1, 0.15) is 0 Å². The van der Waals surface area contributed by atoms with Crippen LogP contribution in [0.3, 0.4) is 0 Å². The molecule has 5 nitrogen and oxygen atoms in total. The number of carbonyl (C=O) groups is 1. The number of halogens is 1. The summed E-state index contributed by atoms with van der Waals surface area (Å²) in [7, 11) is 0. The van der Waals surface area contributed by atoms with Crippen LogP contribution in [0.15, 0.2) is 27.4 Å². The molecule has 0 unspecified atom stereocenters. The lowest BCUT2D eigenvalue weighted by molar-refractivity contribution is -0.116. The molecule has 1 amide bonds. The Hall–Kier alpha value is -1.88. The molecular formula is C11H9ClN2O3. The first kappa shape index (κ1) is 11.6. The van der Waals surface area contributed by atoms with Crippen LogP contribution < -0.4 is 10.9 Å². The van der Waals surface area contributed by atoms with Gasteiger partial charge in [-0.05, 0) is 18.2 Å². The van der Waals surface area contributed by atoms with Crippen molar-refractivity contribution in [1.82, 2.24) is 4.98 Å². The molecule has 1 aromatic carbocycles. The molecule has 1 N–H and O–H groups in total. The number of nitrogens with one attached hydrogen (secondary N) is 1. The highest BCUT2D eigenvalue weighted by Crippen LogP contribution is 2.16. The van der Waals surface area contributed by atoms with Crippen molar-refractivity contribution in [2.75, 3.05) is 5.32 Å². The highest BCUT2D eigenvalue weighted by atomic mass is 35.5. The van der Waals surface area contributed by atoms with Gasteiger partial charge in [0.25, 0.3) is 0 Å². The van der Waals surface area contributed by atoms with Crippen LogP contribution in [0.5, 0.6) is 0 Å². The first-order valence-electron chi connectivity index (χ1n) is 5.00. The second-order valence-electron chi connectivity index (χ2n) is 3.37. The van der Waals surface area contributed by atoms with Crippen molar-refractivity contribution in [1.29, 1.82) is 0 Å². The zero-order chi connectivity index (χ0) is 12.4. The molecule has 0 fully saturated rings. The Morgan fingerprint density at radius 1 is 1.53 bits per heavy atom. The molecule has 0 saturated carbocycles. The van der Waals surface area contributed by atoms with Crippen LogP contribution >= 0.6 is 11.6 Å². The van der Waals surface area contributed by atoms with Crippen LogP contribution in [-0.2, 0) is 4.79 Å². The van der Waals surface area contributed by atoms with Crippen molar-refractivity contribution in [3.8, 4) is 0 Å². The molecule has 2 aromatic rings. The molecule has 1 aromatic heterocycles. The van der Waals surface area contributed by atoms with Gasteiger partial charge in [-0.3, -0.25) is 10.1 Å². The molecule has 0 spiro atoms. The van der Waals surface area contributed by atoms with Crippen LogP contribution in [0.25, 0.3) is 10.9 Å². The molecule has 1 heterocycles. The maximum absolute atomic E-state index is 11.6. The van der Waals surface area contributed by atoms with E-state index in [0.29, 0.717) is 10.5 Å². The largest absolute Gasteiger partial charge is 0.388 e. The van der Waals surface area contributed by atoms with Gasteiger partial charge in [-0.1, -0.05) is 18.5 Å². The van der Waals surface area contributed by atoms with Crippen LogP contribution in [0, 0.1) is 0 Å². The maximum atomic E-state index is 11.6. The minimum absolute atomic E-state index is 0.100. The van der Waals surface area contributed by atoms with E-state index < -0.39 is 5.63 Å². The predicted molar refractivity (Wildman–Crippen MR) is 64.2 cm³/mol. The molecule has 0 bridgehead atoms. The van der Waals surface area contributed by atoms with E-state index in [1.54, 1.807) is 19.1 Å². The van der Waals surface area contributed by atoms with Gasteiger partial charge in [0.15, 0.2) is 0 Å². The third-order valence-corrected chi connectivity index (χ3v) is 2.39. The van der Waals surface area contributed by atoms with Crippen molar-refractivity contribution >= 4 is 34.4 Å². The Morgan fingerprint density at radius 3 is 3.00 bits per heavy atom. The Kier molecular flexibility index (Phi) is 3.10. The summed E-state index contributed by atoms with van der Waals surface area (Å²) in [6.45, 7) is 1.69. The summed E-state index contributed by atoms with van der Waals surface area (Å²) < 4.78 is 4.86. The number of benzene rings is 1.